The van der Waals surface area contributed by atoms with Gasteiger partial charge in [-0.3, -0.25) is 4.79 Å². The Morgan fingerprint density at radius 1 is 1.03 bits per heavy atom. The maximum absolute atomic E-state index is 14.4. The summed E-state index contributed by atoms with van der Waals surface area (Å²) < 4.78 is 28.2. The summed E-state index contributed by atoms with van der Waals surface area (Å²) in [6.45, 7) is 0.445. The van der Waals surface area contributed by atoms with Crippen LogP contribution < -0.4 is 4.90 Å². The molecule has 1 saturated heterocycles. The molecule has 3 atom stereocenters. The molecular weight excluding hydrogens is 410 g/mol. The Morgan fingerprint density at radius 3 is 2.56 bits per heavy atom. The summed E-state index contributed by atoms with van der Waals surface area (Å²) >= 11 is 0. The molecule has 0 unspecified atom stereocenters. The van der Waals surface area contributed by atoms with E-state index in [4.69, 9.17) is 0 Å². The second-order valence-corrected chi connectivity index (χ2v) is 8.52. The minimum absolute atomic E-state index is 0.0102. The minimum Gasteiger partial charge on any atom is -0.394 e. The first-order chi connectivity index (χ1) is 15.5. The van der Waals surface area contributed by atoms with E-state index in [9.17, 15) is 18.7 Å². The first kappa shape index (κ1) is 20.6. The third-order valence-corrected chi connectivity index (χ3v) is 6.87. The van der Waals surface area contributed by atoms with Gasteiger partial charge >= 0.3 is 0 Å². The highest BCUT2D eigenvalue weighted by Crippen LogP contribution is 2.49. The van der Waals surface area contributed by atoms with Gasteiger partial charge in [0.1, 0.15) is 11.6 Å². The number of likely N-dealkylation sites (N-methyl/N-ethyl adjacent to an activating group) is 1. The van der Waals surface area contributed by atoms with Crippen LogP contribution in [0, 0.1) is 17.6 Å². The number of fused-ring (bicyclic) bond motifs is 3. The van der Waals surface area contributed by atoms with Gasteiger partial charge in [0.25, 0.3) is 5.91 Å². The average Bonchev–Trinajstić information content (AvgIpc) is 3.24. The Hall–Kier alpha value is -3.25. The first-order valence-corrected chi connectivity index (χ1v) is 10.8. The van der Waals surface area contributed by atoms with Crippen molar-refractivity contribution < 1.29 is 18.7 Å². The van der Waals surface area contributed by atoms with E-state index in [-0.39, 0.29) is 41.9 Å². The molecule has 0 radical (unpaired) electrons. The molecule has 0 bridgehead atoms. The summed E-state index contributed by atoms with van der Waals surface area (Å²) in [6.07, 6.45) is 0.712. The van der Waals surface area contributed by atoms with Gasteiger partial charge in [0.05, 0.1) is 24.3 Å². The van der Waals surface area contributed by atoms with Crippen molar-refractivity contribution in [3.05, 3.63) is 89.5 Å². The lowest BCUT2D eigenvalue weighted by molar-refractivity contribution is 0.0689. The standard InChI is InChI=1S/C26H24F2N2O2/c1-29-23-10-9-17(16-5-4-6-18(27)13-16)14-21(23)25-20(24(29)15-31)11-12-30(25)26(32)19-7-2-3-8-22(19)28/h2-10,13-14,20,24-25,31H,11-12,15H2,1H3/t20-,24+,25-/m0/s1. The number of anilines is 1. The Kier molecular flexibility index (Phi) is 5.18. The summed E-state index contributed by atoms with van der Waals surface area (Å²) in [5.41, 5.74) is 3.50. The Bertz CT molecular complexity index is 1180. The van der Waals surface area contributed by atoms with Gasteiger partial charge < -0.3 is 14.9 Å². The zero-order chi connectivity index (χ0) is 22.4. The topological polar surface area (TPSA) is 43.8 Å². The number of likely N-dealkylation sites (tertiary alicyclic amines) is 1. The lowest BCUT2D eigenvalue weighted by Gasteiger charge is -2.44. The molecule has 32 heavy (non-hydrogen) atoms. The van der Waals surface area contributed by atoms with Crippen molar-refractivity contribution in [1.29, 1.82) is 0 Å². The molecule has 6 heteroatoms. The van der Waals surface area contributed by atoms with E-state index < -0.39 is 5.82 Å². The molecule has 4 nitrogen and oxygen atoms in total. The molecule has 3 aromatic carbocycles. The van der Waals surface area contributed by atoms with Crippen LogP contribution in [-0.4, -0.2) is 42.2 Å². The van der Waals surface area contributed by atoms with Crippen molar-refractivity contribution in [2.24, 2.45) is 5.92 Å². The summed E-state index contributed by atoms with van der Waals surface area (Å²) in [7, 11) is 1.94. The van der Waals surface area contributed by atoms with E-state index in [0.717, 1.165) is 22.4 Å². The fourth-order valence-corrected chi connectivity index (χ4v) is 5.32. The summed E-state index contributed by atoms with van der Waals surface area (Å²) in [6, 6.07) is 17.9. The van der Waals surface area contributed by atoms with Gasteiger partial charge in [0.2, 0.25) is 0 Å². The first-order valence-electron chi connectivity index (χ1n) is 10.8. The van der Waals surface area contributed by atoms with Crippen LogP contribution in [0.2, 0.25) is 0 Å². The molecule has 0 saturated carbocycles. The number of hydrogen-bond acceptors (Lipinski definition) is 3. The van der Waals surface area contributed by atoms with E-state index in [2.05, 4.69) is 4.90 Å². The lowest BCUT2D eigenvalue weighted by atomic mass is 9.81. The maximum atomic E-state index is 14.4. The largest absolute Gasteiger partial charge is 0.394 e. The second kappa shape index (κ2) is 8.02. The van der Waals surface area contributed by atoms with Gasteiger partial charge in [0.15, 0.2) is 0 Å². The Balaban J connectivity index is 1.62. The molecule has 0 aromatic heterocycles. The molecule has 5 rings (SSSR count). The molecular formula is C26H24F2N2O2. The Labute approximate surface area is 185 Å². The summed E-state index contributed by atoms with van der Waals surface area (Å²) in [5.74, 6) is -1.19. The number of nitrogens with zero attached hydrogens (tertiary/aromatic N) is 2. The van der Waals surface area contributed by atoms with Crippen molar-refractivity contribution in [3.63, 3.8) is 0 Å². The van der Waals surface area contributed by atoms with Crippen molar-refractivity contribution in [2.75, 3.05) is 25.1 Å². The second-order valence-electron chi connectivity index (χ2n) is 8.52. The van der Waals surface area contributed by atoms with Gasteiger partial charge in [0, 0.05) is 25.2 Å². The van der Waals surface area contributed by atoms with Crippen molar-refractivity contribution in [2.45, 2.75) is 18.5 Å². The van der Waals surface area contributed by atoms with Crippen molar-refractivity contribution >= 4 is 11.6 Å². The van der Waals surface area contributed by atoms with Crippen LogP contribution in [0.3, 0.4) is 0 Å². The van der Waals surface area contributed by atoms with E-state index in [1.165, 1.54) is 24.3 Å². The molecule has 3 aromatic rings. The molecule has 1 fully saturated rings. The van der Waals surface area contributed by atoms with E-state index >= 15 is 0 Å². The van der Waals surface area contributed by atoms with Gasteiger partial charge in [-0.15, -0.1) is 0 Å². The lowest BCUT2D eigenvalue weighted by Crippen LogP contribution is -2.48. The fourth-order valence-electron chi connectivity index (χ4n) is 5.32. The van der Waals surface area contributed by atoms with Gasteiger partial charge in [-0.2, -0.15) is 0 Å². The van der Waals surface area contributed by atoms with E-state index in [0.29, 0.717) is 13.0 Å². The third kappa shape index (κ3) is 3.26. The minimum atomic E-state index is -0.540. The van der Waals surface area contributed by atoms with Crippen LogP contribution in [0.1, 0.15) is 28.4 Å². The number of carbonyl (C=O) groups excluding carboxylic acids is 1. The highest BCUT2D eigenvalue weighted by molar-refractivity contribution is 5.95. The SMILES string of the molecule is CN1c2ccc(-c3cccc(F)c3)cc2[C@@H]2[C@@H](CCN2C(=O)c2ccccc2F)[C@H]1CO. The molecule has 1 N–H and O–H groups in total. The predicted molar refractivity (Wildman–Crippen MR) is 119 cm³/mol. The van der Waals surface area contributed by atoms with Gasteiger partial charge in [-0.25, -0.2) is 8.78 Å². The number of rotatable bonds is 3. The van der Waals surface area contributed by atoms with Crippen molar-refractivity contribution in [3.8, 4) is 11.1 Å². The van der Waals surface area contributed by atoms with Crippen LogP contribution in [0.15, 0.2) is 66.7 Å². The molecule has 2 heterocycles. The van der Waals surface area contributed by atoms with Crippen LogP contribution in [0.4, 0.5) is 14.5 Å². The zero-order valence-electron chi connectivity index (χ0n) is 17.7. The highest BCUT2D eigenvalue weighted by atomic mass is 19.1. The smallest absolute Gasteiger partial charge is 0.257 e. The monoisotopic (exact) mass is 434 g/mol. The molecule has 164 valence electrons. The molecule has 1 amide bonds. The summed E-state index contributed by atoms with van der Waals surface area (Å²) in [5, 5.41) is 10.1. The van der Waals surface area contributed by atoms with Crippen LogP contribution in [0.25, 0.3) is 11.1 Å². The third-order valence-electron chi connectivity index (χ3n) is 6.87. The normalized spacial score (nSPS) is 21.9. The number of hydrogen-bond donors (Lipinski definition) is 1. The predicted octanol–water partition coefficient (Wildman–Crippen LogP) is 4.65. The zero-order valence-corrected chi connectivity index (χ0v) is 17.7. The number of halogens is 2. The van der Waals surface area contributed by atoms with E-state index in [1.807, 2.05) is 31.3 Å². The van der Waals surface area contributed by atoms with Crippen molar-refractivity contribution in [1.82, 2.24) is 4.90 Å². The molecule has 0 aliphatic carbocycles. The molecule has 2 aliphatic rings. The van der Waals surface area contributed by atoms with Crippen LogP contribution >= 0.6 is 0 Å². The number of carbonyl (C=O) groups is 1. The quantitative estimate of drug-likeness (QED) is 0.653. The average molecular weight is 434 g/mol. The number of aliphatic hydroxyl groups excluding tert-OH is 1. The molecule has 0 spiro atoms. The van der Waals surface area contributed by atoms with Gasteiger partial charge in [-0.05, 0) is 59.5 Å². The van der Waals surface area contributed by atoms with Crippen LogP contribution in [-0.2, 0) is 0 Å². The van der Waals surface area contributed by atoms with Gasteiger partial charge in [-0.1, -0.05) is 30.3 Å². The Morgan fingerprint density at radius 2 is 1.81 bits per heavy atom. The fraction of sp³-hybridized carbons (Fsp3) is 0.269. The number of amides is 1. The molecule has 2 aliphatic heterocycles. The summed E-state index contributed by atoms with van der Waals surface area (Å²) in [4.78, 5) is 17.2. The highest BCUT2D eigenvalue weighted by Gasteiger charge is 2.48. The van der Waals surface area contributed by atoms with Crippen LogP contribution in [0.5, 0.6) is 0 Å². The number of benzene rings is 3. The van der Waals surface area contributed by atoms with E-state index in [1.54, 1.807) is 23.1 Å². The number of aliphatic hydroxyl groups is 1. The maximum Gasteiger partial charge on any atom is 0.257 e.